The molecule has 5 heteroatoms. The lowest BCUT2D eigenvalue weighted by Gasteiger charge is -2.26. The molecule has 0 aliphatic carbocycles. The van der Waals surface area contributed by atoms with Gasteiger partial charge in [-0.2, -0.15) is 0 Å². The van der Waals surface area contributed by atoms with Crippen molar-refractivity contribution in [1.29, 1.82) is 0 Å². The van der Waals surface area contributed by atoms with Crippen LogP contribution >= 0.6 is 11.3 Å². The number of piperidine rings is 1. The summed E-state index contributed by atoms with van der Waals surface area (Å²) in [5.74, 6) is 0.777. The van der Waals surface area contributed by atoms with Crippen molar-refractivity contribution in [2.75, 3.05) is 31.5 Å². The van der Waals surface area contributed by atoms with Gasteiger partial charge in [-0.15, -0.1) is 11.3 Å². The second-order valence-electron chi connectivity index (χ2n) is 7.46. The molecule has 0 amide bonds. The van der Waals surface area contributed by atoms with Gasteiger partial charge in [-0.05, 0) is 50.3 Å². The first-order valence-electron chi connectivity index (χ1n) is 8.76. The summed E-state index contributed by atoms with van der Waals surface area (Å²) >= 11 is 1.74. The minimum absolute atomic E-state index is 0.0380. The Hall–Kier alpha value is -1.20. The Morgan fingerprint density at radius 3 is 2.70 bits per heavy atom. The predicted octanol–water partition coefficient (Wildman–Crippen LogP) is 4.28. The van der Waals surface area contributed by atoms with E-state index in [0.717, 1.165) is 30.1 Å². The molecular formula is C18H28N4S. The van der Waals surface area contributed by atoms with E-state index in [4.69, 9.17) is 4.98 Å². The zero-order chi connectivity index (χ0) is 16.3. The van der Waals surface area contributed by atoms with E-state index in [0.29, 0.717) is 0 Å². The number of hydrogen-bond acceptors (Lipinski definition) is 5. The molecule has 0 spiro atoms. The van der Waals surface area contributed by atoms with Gasteiger partial charge < -0.3 is 10.2 Å². The summed E-state index contributed by atoms with van der Waals surface area (Å²) in [4.78, 5) is 12.0. The van der Waals surface area contributed by atoms with Crippen LogP contribution < -0.4 is 5.32 Å². The number of anilines is 1. The summed E-state index contributed by atoms with van der Waals surface area (Å²) in [6.45, 7) is 11.3. The van der Waals surface area contributed by atoms with E-state index in [2.05, 4.69) is 47.4 Å². The molecule has 2 aromatic rings. The van der Waals surface area contributed by atoms with Gasteiger partial charge in [0, 0.05) is 12.0 Å². The van der Waals surface area contributed by atoms with Crippen LogP contribution in [0.25, 0.3) is 10.2 Å². The van der Waals surface area contributed by atoms with Crippen LogP contribution in [0.4, 0.5) is 5.95 Å². The van der Waals surface area contributed by atoms with Crippen molar-refractivity contribution in [3.8, 4) is 0 Å². The normalized spacial score (nSPS) is 16.8. The predicted molar refractivity (Wildman–Crippen MR) is 99.5 cm³/mol. The monoisotopic (exact) mass is 332 g/mol. The SMILES string of the molecule is CC(C)(C)c1nc(NCCCN2CCCCC2)nc2ccsc12. The molecule has 4 nitrogen and oxygen atoms in total. The van der Waals surface area contributed by atoms with Gasteiger partial charge in [0.15, 0.2) is 0 Å². The van der Waals surface area contributed by atoms with Crippen LogP contribution in [-0.4, -0.2) is 41.0 Å². The van der Waals surface area contributed by atoms with Crippen LogP contribution in [-0.2, 0) is 5.41 Å². The van der Waals surface area contributed by atoms with Gasteiger partial charge in [-0.1, -0.05) is 27.2 Å². The summed E-state index contributed by atoms with van der Waals surface area (Å²) < 4.78 is 1.22. The molecule has 0 atom stereocenters. The van der Waals surface area contributed by atoms with E-state index in [9.17, 15) is 0 Å². The summed E-state index contributed by atoms with van der Waals surface area (Å²) in [6.07, 6.45) is 5.27. The van der Waals surface area contributed by atoms with Gasteiger partial charge in [-0.25, -0.2) is 9.97 Å². The zero-order valence-electron chi connectivity index (χ0n) is 14.6. The molecule has 126 valence electrons. The fourth-order valence-corrected chi connectivity index (χ4v) is 4.17. The average molecular weight is 333 g/mol. The van der Waals surface area contributed by atoms with E-state index in [-0.39, 0.29) is 5.41 Å². The van der Waals surface area contributed by atoms with E-state index < -0.39 is 0 Å². The second kappa shape index (κ2) is 7.14. The number of likely N-dealkylation sites (tertiary alicyclic amines) is 1. The number of fused-ring (bicyclic) bond motifs is 1. The molecule has 0 unspecified atom stereocenters. The molecule has 0 aromatic carbocycles. The molecule has 0 saturated carbocycles. The van der Waals surface area contributed by atoms with Crippen molar-refractivity contribution in [1.82, 2.24) is 14.9 Å². The van der Waals surface area contributed by atoms with Crippen molar-refractivity contribution >= 4 is 27.5 Å². The number of aromatic nitrogens is 2. The van der Waals surface area contributed by atoms with Gasteiger partial charge in [0.1, 0.15) is 0 Å². The lowest BCUT2D eigenvalue weighted by atomic mass is 9.92. The summed E-state index contributed by atoms with van der Waals surface area (Å²) in [5.41, 5.74) is 2.25. The number of hydrogen-bond donors (Lipinski definition) is 1. The third-order valence-electron chi connectivity index (χ3n) is 4.40. The van der Waals surface area contributed by atoms with Crippen LogP contribution in [0, 0.1) is 0 Å². The van der Waals surface area contributed by atoms with Gasteiger partial charge >= 0.3 is 0 Å². The number of nitrogens with one attached hydrogen (secondary N) is 1. The maximum Gasteiger partial charge on any atom is 0.223 e. The summed E-state index contributed by atoms with van der Waals surface area (Å²) in [7, 11) is 0. The smallest absolute Gasteiger partial charge is 0.223 e. The molecule has 0 radical (unpaired) electrons. The van der Waals surface area contributed by atoms with E-state index >= 15 is 0 Å². The van der Waals surface area contributed by atoms with Crippen LogP contribution in [0.5, 0.6) is 0 Å². The largest absolute Gasteiger partial charge is 0.354 e. The Balaban J connectivity index is 1.61. The van der Waals surface area contributed by atoms with E-state index in [1.807, 2.05) is 0 Å². The molecule has 1 N–H and O–H groups in total. The Labute approximate surface area is 143 Å². The van der Waals surface area contributed by atoms with Crippen LogP contribution in [0.1, 0.15) is 52.1 Å². The third kappa shape index (κ3) is 4.21. The van der Waals surface area contributed by atoms with E-state index in [1.165, 1.54) is 43.6 Å². The first-order chi connectivity index (χ1) is 11.0. The van der Waals surface area contributed by atoms with Crippen LogP contribution in [0.15, 0.2) is 11.4 Å². The summed E-state index contributed by atoms with van der Waals surface area (Å²) in [6, 6.07) is 2.09. The Kier molecular flexibility index (Phi) is 5.17. The molecule has 23 heavy (non-hydrogen) atoms. The minimum Gasteiger partial charge on any atom is -0.354 e. The molecule has 1 fully saturated rings. The molecule has 1 aliphatic rings. The highest BCUT2D eigenvalue weighted by molar-refractivity contribution is 7.17. The first-order valence-corrected chi connectivity index (χ1v) is 9.64. The Morgan fingerprint density at radius 2 is 1.96 bits per heavy atom. The van der Waals surface area contributed by atoms with Crippen molar-refractivity contribution in [2.24, 2.45) is 0 Å². The second-order valence-corrected chi connectivity index (χ2v) is 8.38. The highest BCUT2D eigenvalue weighted by atomic mass is 32.1. The standard InChI is InChI=1S/C18H28N4S/c1-18(2,3)16-15-14(8-13-23-15)20-17(21-16)19-9-7-12-22-10-5-4-6-11-22/h8,13H,4-7,9-12H2,1-3H3,(H,19,20,21). The molecular weight excluding hydrogens is 304 g/mol. The lowest BCUT2D eigenvalue weighted by molar-refractivity contribution is 0.228. The van der Waals surface area contributed by atoms with E-state index in [1.54, 1.807) is 11.3 Å². The zero-order valence-corrected chi connectivity index (χ0v) is 15.4. The van der Waals surface area contributed by atoms with Crippen molar-refractivity contribution in [3.05, 3.63) is 17.1 Å². The topological polar surface area (TPSA) is 41.1 Å². The Bertz CT molecular complexity index is 638. The first kappa shape index (κ1) is 16.7. The quantitative estimate of drug-likeness (QED) is 0.830. The summed E-state index contributed by atoms with van der Waals surface area (Å²) in [5, 5.41) is 5.54. The van der Waals surface area contributed by atoms with Crippen molar-refractivity contribution < 1.29 is 0 Å². The highest BCUT2D eigenvalue weighted by Crippen LogP contribution is 2.31. The molecule has 1 saturated heterocycles. The number of rotatable bonds is 5. The van der Waals surface area contributed by atoms with Gasteiger partial charge in [-0.3, -0.25) is 0 Å². The minimum atomic E-state index is 0.0380. The molecule has 2 aromatic heterocycles. The molecule has 0 bridgehead atoms. The van der Waals surface area contributed by atoms with Gasteiger partial charge in [0.2, 0.25) is 5.95 Å². The number of thiophene rings is 1. The number of nitrogens with zero attached hydrogens (tertiary/aromatic N) is 3. The molecule has 1 aliphatic heterocycles. The molecule has 3 rings (SSSR count). The fourth-order valence-electron chi connectivity index (χ4n) is 3.14. The lowest BCUT2D eigenvalue weighted by Crippen LogP contribution is -2.31. The van der Waals surface area contributed by atoms with Gasteiger partial charge in [0.25, 0.3) is 0 Å². The highest BCUT2D eigenvalue weighted by Gasteiger charge is 2.21. The molecule has 3 heterocycles. The third-order valence-corrected chi connectivity index (χ3v) is 5.31. The van der Waals surface area contributed by atoms with Crippen LogP contribution in [0.2, 0.25) is 0 Å². The maximum atomic E-state index is 4.80. The van der Waals surface area contributed by atoms with Crippen molar-refractivity contribution in [2.45, 2.75) is 51.9 Å². The fraction of sp³-hybridized carbons (Fsp3) is 0.667. The van der Waals surface area contributed by atoms with Crippen LogP contribution in [0.3, 0.4) is 0 Å². The van der Waals surface area contributed by atoms with Crippen molar-refractivity contribution in [3.63, 3.8) is 0 Å². The Morgan fingerprint density at radius 1 is 1.17 bits per heavy atom. The van der Waals surface area contributed by atoms with Gasteiger partial charge in [0.05, 0.1) is 15.9 Å². The maximum absolute atomic E-state index is 4.80. The average Bonchev–Trinajstić information content (AvgIpc) is 2.99.